The van der Waals surface area contributed by atoms with Crippen molar-refractivity contribution in [3.8, 4) is 6.07 Å². The van der Waals surface area contributed by atoms with E-state index in [1.54, 1.807) is 36.4 Å². The number of fused-ring (bicyclic) bond motifs is 2. The number of aliphatic hydroxyl groups excluding tert-OH is 1. The number of aliphatic hydroxyl groups is 1. The first-order valence-electron chi connectivity index (χ1n) is 8.29. The van der Waals surface area contributed by atoms with Gasteiger partial charge in [-0.15, -0.1) is 0 Å². The fourth-order valence-corrected chi connectivity index (χ4v) is 3.50. The third-order valence-electron chi connectivity index (χ3n) is 4.85. The van der Waals surface area contributed by atoms with Gasteiger partial charge in [0.25, 0.3) is 0 Å². The lowest BCUT2D eigenvalue weighted by atomic mass is 9.82. The Morgan fingerprint density at radius 1 is 1.19 bits per heavy atom. The molecular weight excluding hydrogens is 352 g/mol. The third kappa shape index (κ3) is 2.82. The molecule has 0 amide bonds. The Morgan fingerprint density at radius 3 is 2.70 bits per heavy atom. The molecule has 0 fully saturated rings. The van der Waals surface area contributed by atoms with E-state index in [0.29, 0.717) is 22.1 Å². The van der Waals surface area contributed by atoms with Crippen molar-refractivity contribution in [1.29, 1.82) is 5.26 Å². The van der Waals surface area contributed by atoms with Gasteiger partial charge in [0.2, 0.25) is 0 Å². The lowest BCUT2D eigenvalue weighted by molar-refractivity contribution is 0.129. The van der Waals surface area contributed by atoms with Crippen molar-refractivity contribution in [3.05, 3.63) is 86.8 Å². The van der Waals surface area contributed by atoms with Crippen LogP contribution < -0.4 is 5.63 Å². The van der Waals surface area contributed by atoms with Crippen LogP contribution in [0.15, 0.2) is 51.7 Å². The second-order valence-corrected chi connectivity index (χ2v) is 6.42. The van der Waals surface area contributed by atoms with Crippen molar-refractivity contribution >= 4 is 17.0 Å². The summed E-state index contributed by atoms with van der Waals surface area (Å²) in [6.45, 7) is 0. The van der Waals surface area contributed by atoms with Gasteiger partial charge in [0.05, 0.1) is 6.10 Å². The molecule has 0 spiro atoms. The molecule has 0 saturated heterocycles. The normalized spacial score (nSPS) is 18.3. The lowest BCUT2D eigenvalue weighted by Crippen LogP contribution is -2.20. The molecule has 1 aromatic heterocycles. The molecule has 1 heterocycles. The number of hydrogen-bond acceptors (Lipinski definition) is 4. The highest BCUT2D eigenvalue weighted by Crippen LogP contribution is 2.36. The number of hydrogen-bond donors (Lipinski definition) is 1. The Balaban J connectivity index is 1.81. The number of para-hydroxylation sites is 1. The van der Waals surface area contributed by atoms with E-state index in [-0.39, 0.29) is 17.5 Å². The summed E-state index contributed by atoms with van der Waals surface area (Å²) in [4.78, 5) is 12.1. The van der Waals surface area contributed by atoms with Gasteiger partial charge in [-0.2, -0.15) is 5.26 Å². The quantitative estimate of drug-likeness (QED) is 0.700. The third-order valence-corrected chi connectivity index (χ3v) is 4.85. The second-order valence-electron chi connectivity index (χ2n) is 6.42. The van der Waals surface area contributed by atoms with E-state index in [2.05, 4.69) is 0 Å². The van der Waals surface area contributed by atoms with E-state index < -0.39 is 29.3 Å². The summed E-state index contributed by atoms with van der Waals surface area (Å²) in [6.07, 6.45) is 2.35. The standard InChI is InChI=1S/C21H13F2NO3/c22-17-8-11-5-6-12(20(25)14(11)9-18(17)23)7-15-13-3-1-2-4-19(13)27-21(26)16(15)10-24/h1-6,8-9,12,20,25H,7H2/t12-,20-/m0/s1. The molecule has 0 saturated carbocycles. The molecule has 3 aromatic rings. The minimum atomic E-state index is -1.10. The largest absolute Gasteiger partial charge is 0.422 e. The van der Waals surface area contributed by atoms with Crippen molar-refractivity contribution in [2.45, 2.75) is 12.5 Å². The van der Waals surface area contributed by atoms with Gasteiger partial charge in [0.1, 0.15) is 17.2 Å². The van der Waals surface area contributed by atoms with E-state index in [1.807, 2.05) is 6.07 Å². The second kappa shape index (κ2) is 6.45. The Morgan fingerprint density at radius 2 is 1.93 bits per heavy atom. The van der Waals surface area contributed by atoms with Crippen LogP contribution in [0.5, 0.6) is 0 Å². The summed E-state index contributed by atoms with van der Waals surface area (Å²) in [5, 5.41) is 20.7. The number of nitriles is 1. The zero-order valence-electron chi connectivity index (χ0n) is 13.9. The van der Waals surface area contributed by atoms with E-state index in [1.165, 1.54) is 0 Å². The fraction of sp³-hybridized carbons (Fsp3) is 0.143. The minimum absolute atomic E-state index is 0.120. The van der Waals surface area contributed by atoms with E-state index in [4.69, 9.17) is 4.42 Å². The molecule has 1 aliphatic carbocycles. The Kier molecular flexibility index (Phi) is 4.09. The lowest BCUT2D eigenvalue weighted by Gasteiger charge is -2.26. The number of nitrogens with zero attached hydrogens (tertiary/aromatic N) is 1. The fourth-order valence-electron chi connectivity index (χ4n) is 3.50. The van der Waals surface area contributed by atoms with Gasteiger partial charge in [-0.3, -0.25) is 0 Å². The summed E-state index contributed by atoms with van der Waals surface area (Å²) >= 11 is 0. The Hall–Kier alpha value is -3.30. The molecular formula is C21H13F2NO3. The van der Waals surface area contributed by atoms with Crippen LogP contribution >= 0.6 is 0 Å². The van der Waals surface area contributed by atoms with E-state index in [9.17, 15) is 23.9 Å². The molecule has 1 N–H and O–H groups in total. The molecule has 0 radical (unpaired) electrons. The number of benzene rings is 2. The maximum absolute atomic E-state index is 13.6. The maximum Gasteiger partial charge on any atom is 0.354 e. The van der Waals surface area contributed by atoms with Crippen molar-refractivity contribution in [2.24, 2.45) is 5.92 Å². The summed E-state index contributed by atoms with van der Waals surface area (Å²) in [5.74, 6) is -2.53. The van der Waals surface area contributed by atoms with Crippen LogP contribution in [0.3, 0.4) is 0 Å². The van der Waals surface area contributed by atoms with Gasteiger partial charge < -0.3 is 9.52 Å². The van der Waals surface area contributed by atoms with Crippen molar-refractivity contribution in [3.63, 3.8) is 0 Å². The summed E-state index contributed by atoms with van der Waals surface area (Å²) in [7, 11) is 0. The van der Waals surface area contributed by atoms with Gasteiger partial charge >= 0.3 is 5.63 Å². The zero-order chi connectivity index (χ0) is 19.1. The van der Waals surface area contributed by atoms with Crippen LogP contribution in [0.2, 0.25) is 0 Å². The summed E-state index contributed by atoms with van der Waals surface area (Å²) < 4.78 is 32.2. The van der Waals surface area contributed by atoms with Gasteiger partial charge in [0.15, 0.2) is 11.6 Å². The molecule has 4 rings (SSSR count). The summed E-state index contributed by atoms with van der Waals surface area (Å²) in [5.41, 5.74) is 0.616. The predicted octanol–water partition coefficient (Wildman–Crippen LogP) is 3.86. The molecule has 0 unspecified atom stereocenters. The zero-order valence-corrected chi connectivity index (χ0v) is 13.9. The average Bonchev–Trinajstić information content (AvgIpc) is 2.65. The van der Waals surface area contributed by atoms with E-state index >= 15 is 0 Å². The van der Waals surface area contributed by atoms with Crippen molar-refractivity contribution < 1.29 is 18.3 Å². The van der Waals surface area contributed by atoms with Gasteiger partial charge in [0, 0.05) is 11.3 Å². The molecule has 27 heavy (non-hydrogen) atoms. The van der Waals surface area contributed by atoms with Crippen LogP contribution in [-0.4, -0.2) is 5.11 Å². The molecule has 0 bridgehead atoms. The van der Waals surface area contributed by atoms with Crippen LogP contribution in [0.4, 0.5) is 8.78 Å². The van der Waals surface area contributed by atoms with Crippen molar-refractivity contribution in [2.75, 3.05) is 0 Å². The smallest absolute Gasteiger partial charge is 0.354 e. The summed E-state index contributed by atoms with van der Waals surface area (Å²) in [6, 6.07) is 10.7. The molecule has 2 atom stereocenters. The Bertz CT molecular complexity index is 1190. The molecule has 6 heteroatoms. The number of rotatable bonds is 2. The Labute approximate surface area is 152 Å². The van der Waals surface area contributed by atoms with Gasteiger partial charge in [-0.25, -0.2) is 13.6 Å². The highest BCUT2D eigenvalue weighted by molar-refractivity contribution is 5.82. The monoisotopic (exact) mass is 365 g/mol. The molecule has 2 aromatic carbocycles. The first-order chi connectivity index (χ1) is 13.0. The van der Waals surface area contributed by atoms with Crippen LogP contribution in [0, 0.1) is 28.9 Å². The van der Waals surface area contributed by atoms with Crippen LogP contribution in [0.1, 0.15) is 28.4 Å². The predicted molar refractivity (Wildman–Crippen MR) is 94.7 cm³/mol. The molecule has 134 valence electrons. The first kappa shape index (κ1) is 17.1. The minimum Gasteiger partial charge on any atom is -0.422 e. The van der Waals surface area contributed by atoms with Gasteiger partial charge in [-0.1, -0.05) is 30.4 Å². The highest BCUT2D eigenvalue weighted by atomic mass is 19.2. The SMILES string of the molecule is N#Cc1c(C[C@@H]2C=Cc3cc(F)c(F)cc3[C@H]2O)c2ccccc2oc1=O. The topological polar surface area (TPSA) is 74.2 Å². The van der Waals surface area contributed by atoms with Gasteiger partial charge in [-0.05, 0) is 41.3 Å². The van der Waals surface area contributed by atoms with Crippen LogP contribution in [0.25, 0.3) is 17.0 Å². The molecule has 4 nitrogen and oxygen atoms in total. The van der Waals surface area contributed by atoms with E-state index in [0.717, 1.165) is 12.1 Å². The number of halogens is 2. The highest BCUT2D eigenvalue weighted by Gasteiger charge is 2.28. The van der Waals surface area contributed by atoms with Crippen LogP contribution in [-0.2, 0) is 6.42 Å². The molecule has 0 aliphatic heterocycles. The molecule has 1 aliphatic rings. The maximum atomic E-state index is 13.6. The van der Waals surface area contributed by atoms with Crippen molar-refractivity contribution in [1.82, 2.24) is 0 Å². The average molecular weight is 365 g/mol. The first-order valence-corrected chi connectivity index (χ1v) is 8.29.